The van der Waals surface area contributed by atoms with Gasteiger partial charge in [-0.2, -0.15) is 0 Å². The van der Waals surface area contributed by atoms with Gasteiger partial charge >= 0.3 is 0 Å². The average molecular weight is 175 g/mol. The van der Waals surface area contributed by atoms with E-state index in [1.54, 1.807) is 0 Å². The predicted octanol–water partition coefficient (Wildman–Crippen LogP) is 2.69. The Morgan fingerprint density at radius 3 is 2.54 bits per heavy atom. The SMILES string of the molecule is C/C=C/CN(C)Cc1ccccc1. The summed E-state index contributed by atoms with van der Waals surface area (Å²) in [6.45, 7) is 4.09. The highest BCUT2D eigenvalue weighted by Crippen LogP contribution is 2.01. The zero-order valence-corrected chi connectivity index (χ0v) is 8.40. The van der Waals surface area contributed by atoms with Gasteiger partial charge in [0.2, 0.25) is 0 Å². The van der Waals surface area contributed by atoms with E-state index >= 15 is 0 Å². The van der Waals surface area contributed by atoms with Crippen LogP contribution in [-0.4, -0.2) is 18.5 Å². The van der Waals surface area contributed by atoms with Crippen molar-refractivity contribution in [2.75, 3.05) is 13.6 Å². The lowest BCUT2D eigenvalue weighted by molar-refractivity contribution is 0.363. The predicted molar refractivity (Wildman–Crippen MR) is 57.6 cm³/mol. The zero-order chi connectivity index (χ0) is 9.52. The van der Waals surface area contributed by atoms with Gasteiger partial charge in [0.1, 0.15) is 0 Å². The number of likely N-dealkylation sites (N-methyl/N-ethyl adjacent to an activating group) is 1. The van der Waals surface area contributed by atoms with Crippen LogP contribution in [0, 0.1) is 0 Å². The molecule has 0 aliphatic heterocycles. The topological polar surface area (TPSA) is 3.24 Å². The summed E-state index contributed by atoms with van der Waals surface area (Å²) in [7, 11) is 2.13. The van der Waals surface area contributed by atoms with Gasteiger partial charge in [0, 0.05) is 13.1 Å². The highest BCUT2D eigenvalue weighted by molar-refractivity contribution is 5.14. The van der Waals surface area contributed by atoms with E-state index in [-0.39, 0.29) is 0 Å². The third-order valence-corrected chi connectivity index (χ3v) is 1.95. The number of nitrogens with zero attached hydrogens (tertiary/aromatic N) is 1. The second-order valence-corrected chi connectivity index (χ2v) is 3.25. The minimum absolute atomic E-state index is 1.02. The molecule has 1 aromatic rings. The van der Waals surface area contributed by atoms with Crippen LogP contribution in [0.1, 0.15) is 12.5 Å². The summed E-state index contributed by atoms with van der Waals surface area (Å²) in [6.07, 6.45) is 4.25. The lowest BCUT2D eigenvalue weighted by Crippen LogP contribution is -2.17. The van der Waals surface area contributed by atoms with Crippen molar-refractivity contribution in [2.45, 2.75) is 13.5 Å². The van der Waals surface area contributed by atoms with Gasteiger partial charge in [0.15, 0.2) is 0 Å². The Kier molecular flexibility index (Phi) is 4.27. The molecule has 13 heavy (non-hydrogen) atoms. The van der Waals surface area contributed by atoms with Crippen LogP contribution in [0.25, 0.3) is 0 Å². The summed E-state index contributed by atoms with van der Waals surface area (Å²) in [6, 6.07) is 10.5. The molecule has 0 bridgehead atoms. The molecule has 1 heteroatoms. The molecule has 1 aromatic carbocycles. The Labute approximate surface area is 80.7 Å². The molecule has 0 spiro atoms. The Morgan fingerprint density at radius 2 is 1.92 bits per heavy atom. The minimum Gasteiger partial charge on any atom is -0.298 e. The number of allylic oxidation sites excluding steroid dienone is 1. The van der Waals surface area contributed by atoms with Gasteiger partial charge < -0.3 is 0 Å². The first-order valence-corrected chi connectivity index (χ1v) is 4.66. The van der Waals surface area contributed by atoms with Crippen molar-refractivity contribution in [2.24, 2.45) is 0 Å². The molecule has 0 atom stereocenters. The Morgan fingerprint density at radius 1 is 1.23 bits per heavy atom. The van der Waals surface area contributed by atoms with E-state index < -0.39 is 0 Å². The van der Waals surface area contributed by atoms with Crippen LogP contribution in [-0.2, 0) is 6.54 Å². The van der Waals surface area contributed by atoms with Gasteiger partial charge in [0.05, 0.1) is 0 Å². The fraction of sp³-hybridized carbons (Fsp3) is 0.333. The van der Waals surface area contributed by atoms with Crippen LogP contribution in [0.5, 0.6) is 0 Å². The quantitative estimate of drug-likeness (QED) is 0.636. The van der Waals surface area contributed by atoms with E-state index in [0.717, 1.165) is 13.1 Å². The fourth-order valence-corrected chi connectivity index (χ4v) is 1.24. The van der Waals surface area contributed by atoms with Crippen molar-refractivity contribution in [3.63, 3.8) is 0 Å². The van der Waals surface area contributed by atoms with Crippen molar-refractivity contribution < 1.29 is 0 Å². The normalized spacial score (nSPS) is 11.3. The fourth-order valence-electron chi connectivity index (χ4n) is 1.24. The summed E-state index contributed by atoms with van der Waals surface area (Å²) < 4.78 is 0. The lowest BCUT2D eigenvalue weighted by atomic mass is 10.2. The van der Waals surface area contributed by atoms with Crippen molar-refractivity contribution in [1.82, 2.24) is 4.90 Å². The third kappa shape index (κ3) is 3.90. The maximum Gasteiger partial charge on any atom is 0.0233 e. The van der Waals surface area contributed by atoms with Crippen molar-refractivity contribution in [1.29, 1.82) is 0 Å². The first-order valence-electron chi connectivity index (χ1n) is 4.66. The number of hydrogen-bond donors (Lipinski definition) is 0. The number of hydrogen-bond acceptors (Lipinski definition) is 1. The van der Waals surface area contributed by atoms with Crippen LogP contribution in [0.4, 0.5) is 0 Å². The van der Waals surface area contributed by atoms with E-state index in [4.69, 9.17) is 0 Å². The summed E-state index contributed by atoms with van der Waals surface area (Å²) in [5.41, 5.74) is 1.37. The van der Waals surface area contributed by atoms with Crippen LogP contribution >= 0.6 is 0 Å². The largest absolute Gasteiger partial charge is 0.298 e. The molecule has 0 amide bonds. The van der Waals surface area contributed by atoms with Crippen molar-refractivity contribution >= 4 is 0 Å². The van der Waals surface area contributed by atoms with Gasteiger partial charge in [0.25, 0.3) is 0 Å². The van der Waals surface area contributed by atoms with Gasteiger partial charge in [-0.3, -0.25) is 4.90 Å². The van der Waals surface area contributed by atoms with E-state index in [1.165, 1.54) is 5.56 Å². The summed E-state index contributed by atoms with van der Waals surface area (Å²) in [5.74, 6) is 0. The molecule has 1 nitrogen and oxygen atoms in total. The number of benzene rings is 1. The molecule has 0 saturated carbocycles. The Balaban J connectivity index is 2.40. The van der Waals surface area contributed by atoms with Gasteiger partial charge in [-0.25, -0.2) is 0 Å². The van der Waals surface area contributed by atoms with E-state index in [2.05, 4.69) is 61.4 Å². The molecule has 0 aliphatic rings. The van der Waals surface area contributed by atoms with Crippen LogP contribution < -0.4 is 0 Å². The first kappa shape index (κ1) is 10.0. The molecule has 0 aromatic heterocycles. The lowest BCUT2D eigenvalue weighted by Gasteiger charge is -2.13. The molecule has 0 aliphatic carbocycles. The maximum atomic E-state index is 2.29. The smallest absolute Gasteiger partial charge is 0.0233 e. The molecule has 1 rings (SSSR count). The molecule has 0 unspecified atom stereocenters. The number of rotatable bonds is 4. The molecule has 0 heterocycles. The van der Waals surface area contributed by atoms with E-state index in [1.807, 2.05) is 0 Å². The molecule has 0 N–H and O–H groups in total. The molecule has 0 saturated heterocycles. The Hall–Kier alpha value is -1.08. The van der Waals surface area contributed by atoms with E-state index in [9.17, 15) is 0 Å². The second-order valence-electron chi connectivity index (χ2n) is 3.25. The van der Waals surface area contributed by atoms with E-state index in [0.29, 0.717) is 0 Å². The average Bonchev–Trinajstić information content (AvgIpc) is 2.16. The molecular weight excluding hydrogens is 158 g/mol. The first-order chi connectivity index (χ1) is 6.33. The second kappa shape index (κ2) is 5.55. The van der Waals surface area contributed by atoms with Crippen molar-refractivity contribution in [3.8, 4) is 0 Å². The summed E-state index contributed by atoms with van der Waals surface area (Å²) >= 11 is 0. The molecule has 0 radical (unpaired) electrons. The van der Waals surface area contributed by atoms with Crippen LogP contribution in [0.15, 0.2) is 42.5 Å². The summed E-state index contributed by atoms with van der Waals surface area (Å²) in [5, 5.41) is 0. The summed E-state index contributed by atoms with van der Waals surface area (Å²) in [4.78, 5) is 2.29. The van der Waals surface area contributed by atoms with Crippen LogP contribution in [0.3, 0.4) is 0 Å². The zero-order valence-electron chi connectivity index (χ0n) is 8.40. The monoisotopic (exact) mass is 175 g/mol. The maximum absolute atomic E-state index is 2.29. The third-order valence-electron chi connectivity index (χ3n) is 1.95. The van der Waals surface area contributed by atoms with Gasteiger partial charge in [-0.15, -0.1) is 0 Å². The molecular formula is C12H17N. The molecule has 70 valence electrons. The minimum atomic E-state index is 1.02. The van der Waals surface area contributed by atoms with Gasteiger partial charge in [-0.05, 0) is 19.5 Å². The standard InChI is InChI=1S/C12H17N/c1-3-4-10-13(2)11-12-8-6-5-7-9-12/h3-9H,10-11H2,1-2H3/b4-3+. The van der Waals surface area contributed by atoms with Crippen LogP contribution in [0.2, 0.25) is 0 Å². The highest BCUT2D eigenvalue weighted by atomic mass is 15.1. The molecule has 0 fully saturated rings. The van der Waals surface area contributed by atoms with Crippen molar-refractivity contribution in [3.05, 3.63) is 48.0 Å². The Bertz CT molecular complexity index is 251. The highest BCUT2D eigenvalue weighted by Gasteiger charge is 1.95. The van der Waals surface area contributed by atoms with Gasteiger partial charge in [-0.1, -0.05) is 42.5 Å².